The molecule has 4 nitrogen and oxygen atoms in total. The van der Waals surface area contributed by atoms with Gasteiger partial charge in [-0.1, -0.05) is 18.2 Å². The van der Waals surface area contributed by atoms with E-state index in [9.17, 15) is 4.79 Å². The Labute approximate surface area is 113 Å². The number of hydrogen-bond acceptors (Lipinski definition) is 3. The first-order valence-electron chi connectivity index (χ1n) is 6.89. The van der Waals surface area contributed by atoms with Crippen LogP contribution >= 0.6 is 0 Å². The van der Waals surface area contributed by atoms with Gasteiger partial charge in [0.1, 0.15) is 11.9 Å². The molecule has 0 aliphatic carbocycles. The molecule has 4 heteroatoms. The van der Waals surface area contributed by atoms with Crippen LogP contribution in [0.4, 0.5) is 0 Å². The summed E-state index contributed by atoms with van der Waals surface area (Å²) >= 11 is 0. The second-order valence-electron chi connectivity index (χ2n) is 5.56. The minimum Gasteiger partial charge on any atom is -0.488 e. The molecule has 3 rings (SSSR count). The van der Waals surface area contributed by atoms with Crippen LogP contribution in [-0.4, -0.2) is 41.7 Å². The molecule has 1 aromatic carbocycles. The van der Waals surface area contributed by atoms with Gasteiger partial charge >= 0.3 is 5.97 Å². The lowest BCUT2D eigenvalue weighted by Crippen LogP contribution is -2.33. The number of carboxylic acids is 1. The van der Waals surface area contributed by atoms with Gasteiger partial charge in [-0.05, 0) is 30.5 Å². The molecule has 0 amide bonds. The predicted molar refractivity (Wildman–Crippen MR) is 71.4 cm³/mol. The Bertz CT molecular complexity index is 449. The average molecular weight is 261 g/mol. The van der Waals surface area contributed by atoms with Crippen LogP contribution in [0.3, 0.4) is 0 Å². The number of rotatable bonds is 4. The van der Waals surface area contributed by atoms with Gasteiger partial charge in [-0.15, -0.1) is 0 Å². The van der Waals surface area contributed by atoms with Gasteiger partial charge in [-0.3, -0.25) is 9.69 Å². The molecule has 2 unspecified atom stereocenters. The van der Waals surface area contributed by atoms with Crippen molar-refractivity contribution in [2.45, 2.75) is 25.4 Å². The fourth-order valence-corrected chi connectivity index (χ4v) is 3.14. The van der Waals surface area contributed by atoms with E-state index in [0.717, 1.165) is 38.2 Å². The van der Waals surface area contributed by atoms with E-state index >= 15 is 0 Å². The van der Waals surface area contributed by atoms with Crippen LogP contribution in [0.2, 0.25) is 0 Å². The average Bonchev–Trinajstić information content (AvgIpc) is 2.94. The van der Waals surface area contributed by atoms with Crippen LogP contribution in [-0.2, 0) is 11.2 Å². The maximum atomic E-state index is 10.7. The quantitative estimate of drug-likeness (QED) is 0.897. The van der Waals surface area contributed by atoms with Crippen LogP contribution in [0.5, 0.6) is 5.75 Å². The highest BCUT2D eigenvalue weighted by atomic mass is 16.5. The number of hydrogen-bond donors (Lipinski definition) is 1. The van der Waals surface area contributed by atoms with Gasteiger partial charge in [-0.25, -0.2) is 0 Å². The molecule has 0 radical (unpaired) electrons. The Balaban J connectivity index is 1.51. The molecular formula is C15H19NO3. The van der Waals surface area contributed by atoms with E-state index < -0.39 is 5.97 Å². The largest absolute Gasteiger partial charge is 0.488 e. The van der Waals surface area contributed by atoms with E-state index in [1.54, 1.807) is 0 Å². The van der Waals surface area contributed by atoms with Gasteiger partial charge in [0.25, 0.3) is 0 Å². The van der Waals surface area contributed by atoms with Crippen molar-refractivity contribution in [2.75, 3.05) is 19.6 Å². The molecule has 1 fully saturated rings. The first-order chi connectivity index (χ1) is 9.20. The Hall–Kier alpha value is -1.55. The number of likely N-dealkylation sites (tertiary alicyclic amines) is 1. The zero-order valence-corrected chi connectivity index (χ0v) is 10.9. The molecule has 0 bridgehead atoms. The third-order valence-electron chi connectivity index (χ3n) is 4.01. The number of fused-ring (bicyclic) bond motifs is 1. The normalized spacial score (nSPS) is 26.1. The molecule has 1 aromatic rings. The number of nitrogens with zero attached hydrogens (tertiary/aromatic N) is 1. The summed E-state index contributed by atoms with van der Waals surface area (Å²) < 4.78 is 5.93. The first-order valence-corrected chi connectivity index (χ1v) is 6.89. The minimum atomic E-state index is -0.684. The van der Waals surface area contributed by atoms with Crippen molar-refractivity contribution in [3.8, 4) is 5.75 Å². The Morgan fingerprint density at radius 1 is 1.42 bits per heavy atom. The lowest BCUT2D eigenvalue weighted by atomic mass is 10.1. The highest BCUT2D eigenvalue weighted by Gasteiger charge is 2.29. The lowest BCUT2D eigenvalue weighted by Gasteiger charge is -2.20. The van der Waals surface area contributed by atoms with Crippen molar-refractivity contribution in [2.24, 2.45) is 5.92 Å². The fourth-order valence-electron chi connectivity index (χ4n) is 3.14. The van der Waals surface area contributed by atoms with Crippen LogP contribution in [0.1, 0.15) is 18.4 Å². The number of benzene rings is 1. The lowest BCUT2D eigenvalue weighted by molar-refractivity contribution is -0.138. The van der Waals surface area contributed by atoms with Gasteiger partial charge in [-0.2, -0.15) is 0 Å². The molecule has 2 aliphatic rings. The SMILES string of the molecule is O=C(O)CC1CCN(CC2Cc3ccccc3O2)C1. The van der Waals surface area contributed by atoms with Gasteiger partial charge in [0.15, 0.2) is 0 Å². The number of ether oxygens (including phenoxy) is 1. The molecule has 2 aliphatic heterocycles. The number of carbonyl (C=O) groups is 1. The highest BCUT2D eigenvalue weighted by Crippen LogP contribution is 2.29. The number of aliphatic carboxylic acids is 1. The molecule has 2 atom stereocenters. The van der Waals surface area contributed by atoms with E-state index in [2.05, 4.69) is 11.0 Å². The summed E-state index contributed by atoms with van der Waals surface area (Å²) in [7, 11) is 0. The highest BCUT2D eigenvalue weighted by molar-refractivity contribution is 5.67. The van der Waals surface area contributed by atoms with Crippen LogP contribution < -0.4 is 4.74 Å². The van der Waals surface area contributed by atoms with Crippen molar-refractivity contribution < 1.29 is 14.6 Å². The fraction of sp³-hybridized carbons (Fsp3) is 0.533. The number of para-hydroxylation sites is 1. The van der Waals surface area contributed by atoms with E-state index in [1.165, 1.54) is 5.56 Å². The Morgan fingerprint density at radius 3 is 3.05 bits per heavy atom. The summed E-state index contributed by atoms with van der Waals surface area (Å²) in [6.45, 7) is 2.79. The van der Waals surface area contributed by atoms with Crippen molar-refractivity contribution in [1.82, 2.24) is 4.90 Å². The second kappa shape index (κ2) is 5.21. The summed E-state index contributed by atoms with van der Waals surface area (Å²) in [6.07, 6.45) is 2.48. The van der Waals surface area contributed by atoms with E-state index in [0.29, 0.717) is 12.3 Å². The van der Waals surface area contributed by atoms with Gasteiger partial charge in [0.2, 0.25) is 0 Å². The van der Waals surface area contributed by atoms with Crippen molar-refractivity contribution >= 4 is 5.97 Å². The zero-order valence-electron chi connectivity index (χ0n) is 10.9. The summed E-state index contributed by atoms with van der Waals surface area (Å²) in [6, 6.07) is 8.18. The molecule has 1 saturated heterocycles. The summed E-state index contributed by atoms with van der Waals surface area (Å²) in [5.41, 5.74) is 1.29. The standard InChI is InChI=1S/C15H19NO3/c17-15(18)7-11-5-6-16(9-11)10-13-8-12-3-1-2-4-14(12)19-13/h1-4,11,13H,5-10H2,(H,17,18). The van der Waals surface area contributed by atoms with Crippen LogP contribution in [0.25, 0.3) is 0 Å². The zero-order chi connectivity index (χ0) is 13.2. The maximum absolute atomic E-state index is 10.7. The molecule has 2 heterocycles. The Kier molecular flexibility index (Phi) is 3.42. The molecule has 102 valence electrons. The monoisotopic (exact) mass is 261 g/mol. The minimum absolute atomic E-state index is 0.223. The third kappa shape index (κ3) is 2.89. The van der Waals surface area contributed by atoms with E-state index in [-0.39, 0.29) is 6.10 Å². The molecule has 0 aromatic heterocycles. The molecule has 0 saturated carbocycles. The van der Waals surface area contributed by atoms with E-state index in [1.807, 2.05) is 18.2 Å². The molecule has 19 heavy (non-hydrogen) atoms. The third-order valence-corrected chi connectivity index (χ3v) is 4.01. The summed E-state index contributed by atoms with van der Waals surface area (Å²) in [5.74, 6) is 0.631. The van der Waals surface area contributed by atoms with Crippen LogP contribution in [0, 0.1) is 5.92 Å². The Morgan fingerprint density at radius 2 is 2.26 bits per heavy atom. The summed E-state index contributed by atoms with van der Waals surface area (Å²) in [5, 5.41) is 8.82. The van der Waals surface area contributed by atoms with Gasteiger partial charge in [0.05, 0.1) is 0 Å². The van der Waals surface area contributed by atoms with E-state index in [4.69, 9.17) is 9.84 Å². The molecular weight excluding hydrogens is 242 g/mol. The molecule has 1 N–H and O–H groups in total. The first kappa shape index (κ1) is 12.5. The number of carboxylic acid groups (broad SMARTS) is 1. The smallest absolute Gasteiger partial charge is 0.303 e. The molecule has 0 spiro atoms. The topological polar surface area (TPSA) is 49.8 Å². The van der Waals surface area contributed by atoms with Crippen molar-refractivity contribution in [1.29, 1.82) is 0 Å². The van der Waals surface area contributed by atoms with Crippen molar-refractivity contribution in [3.05, 3.63) is 29.8 Å². The second-order valence-corrected chi connectivity index (χ2v) is 5.56. The van der Waals surface area contributed by atoms with Gasteiger partial charge in [0, 0.05) is 25.9 Å². The van der Waals surface area contributed by atoms with Crippen molar-refractivity contribution in [3.63, 3.8) is 0 Å². The maximum Gasteiger partial charge on any atom is 0.303 e. The van der Waals surface area contributed by atoms with Gasteiger partial charge < -0.3 is 9.84 Å². The summed E-state index contributed by atoms with van der Waals surface area (Å²) in [4.78, 5) is 13.0. The predicted octanol–water partition coefficient (Wildman–Crippen LogP) is 1.79. The van der Waals surface area contributed by atoms with Crippen LogP contribution in [0.15, 0.2) is 24.3 Å².